The van der Waals surface area contributed by atoms with Crippen molar-refractivity contribution in [1.82, 2.24) is 5.32 Å². The van der Waals surface area contributed by atoms with Crippen molar-refractivity contribution in [3.63, 3.8) is 0 Å². The molecule has 1 atom stereocenters. The summed E-state index contributed by atoms with van der Waals surface area (Å²) < 4.78 is 23.6. The van der Waals surface area contributed by atoms with E-state index in [1.54, 1.807) is 12.1 Å². The minimum atomic E-state index is -0.347. The van der Waals surface area contributed by atoms with E-state index in [0.29, 0.717) is 12.3 Å². The molecule has 1 aromatic carbocycles. The summed E-state index contributed by atoms with van der Waals surface area (Å²) in [5, 5.41) is 2.80. The van der Waals surface area contributed by atoms with Gasteiger partial charge in [-0.15, -0.1) is 0 Å². The highest BCUT2D eigenvalue weighted by Gasteiger charge is 2.15. The van der Waals surface area contributed by atoms with Crippen LogP contribution in [0.1, 0.15) is 19.3 Å². The molecule has 1 saturated heterocycles. The Bertz CT molecular complexity index is 419. The average molecular weight is 267 g/mol. The molecule has 1 aliphatic rings. The zero-order valence-electron chi connectivity index (χ0n) is 10.7. The van der Waals surface area contributed by atoms with Crippen LogP contribution in [0.25, 0.3) is 0 Å². The molecule has 0 spiro atoms. The van der Waals surface area contributed by atoms with Crippen LogP contribution in [-0.4, -0.2) is 31.8 Å². The summed E-state index contributed by atoms with van der Waals surface area (Å²) in [7, 11) is 0. The molecule has 0 unspecified atom stereocenters. The quantitative estimate of drug-likeness (QED) is 0.856. The minimum absolute atomic E-state index is 0.0769. The number of amides is 1. The number of carbonyl (C=O) groups excluding carboxylic acids is 1. The molecule has 2 rings (SSSR count). The molecule has 1 aliphatic heterocycles. The molecule has 1 fully saturated rings. The van der Waals surface area contributed by atoms with Gasteiger partial charge in [-0.05, 0) is 25.0 Å². The van der Waals surface area contributed by atoms with Gasteiger partial charge < -0.3 is 14.8 Å². The molecule has 0 saturated carbocycles. The summed E-state index contributed by atoms with van der Waals surface area (Å²) in [6, 6.07) is 5.88. The van der Waals surface area contributed by atoms with Crippen molar-refractivity contribution < 1.29 is 18.7 Å². The molecule has 0 bridgehead atoms. The van der Waals surface area contributed by atoms with E-state index in [4.69, 9.17) is 9.47 Å². The summed E-state index contributed by atoms with van der Waals surface area (Å²) in [5.74, 6) is 0.0131. The zero-order valence-corrected chi connectivity index (χ0v) is 10.7. The molecule has 1 heterocycles. The number of carbonyl (C=O) groups is 1. The first-order chi connectivity index (χ1) is 9.24. The minimum Gasteiger partial charge on any atom is -0.493 e. The van der Waals surface area contributed by atoms with Gasteiger partial charge >= 0.3 is 0 Å². The molecular formula is C14H18FNO3. The fourth-order valence-electron chi connectivity index (χ4n) is 1.94. The summed E-state index contributed by atoms with van der Waals surface area (Å²) in [6.45, 7) is 1.57. The molecule has 4 nitrogen and oxygen atoms in total. The highest BCUT2D eigenvalue weighted by molar-refractivity contribution is 5.76. The van der Waals surface area contributed by atoms with E-state index in [1.165, 1.54) is 12.1 Å². The van der Waals surface area contributed by atoms with E-state index in [9.17, 15) is 9.18 Å². The molecule has 104 valence electrons. The fraction of sp³-hybridized carbons (Fsp3) is 0.500. The first kappa shape index (κ1) is 13.8. The summed E-state index contributed by atoms with van der Waals surface area (Å²) in [5.41, 5.74) is 0. The van der Waals surface area contributed by atoms with Crippen LogP contribution >= 0.6 is 0 Å². The van der Waals surface area contributed by atoms with Gasteiger partial charge in [0.25, 0.3) is 0 Å². The first-order valence-corrected chi connectivity index (χ1v) is 6.51. The Hall–Kier alpha value is -1.62. The molecular weight excluding hydrogens is 249 g/mol. The van der Waals surface area contributed by atoms with Gasteiger partial charge in [0.1, 0.15) is 11.6 Å². The number of halogens is 1. The topological polar surface area (TPSA) is 47.6 Å². The maximum atomic E-state index is 12.9. The third-order valence-electron chi connectivity index (χ3n) is 2.94. The number of hydrogen-bond acceptors (Lipinski definition) is 3. The van der Waals surface area contributed by atoms with Crippen molar-refractivity contribution in [1.29, 1.82) is 0 Å². The van der Waals surface area contributed by atoms with Crippen LogP contribution in [0.2, 0.25) is 0 Å². The van der Waals surface area contributed by atoms with Gasteiger partial charge in [0.05, 0.1) is 19.1 Å². The fourth-order valence-corrected chi connectivity index (χ4v) is 1.94. The van der Waals surface area contributed by atoms with E-state index in [-0.39, 0.29) is 30.9 Å². The van der Waals surface area contributed by atoms with Crippen LogP contribution in [-0.2, 0) is 9.53 Å². The molecule has 1 N–H and O–H groups in total. The van der Waals surface area contributed by atoms with Crippen LogP contribution < -0.4 is 10.1 Å². The van der Waals surface area contributed by atoms with Crippen molar-refractivity contribution >= 4 is 5.91 Å². The van der Waals surface area contributed by atoms with Crippen LogP contribution in [0.15, 0.2) is 24.3 Å². The molecule has 19 heavy (non-hydrogen) atoms. The predicted octanol–water partition coefficient (Wildman–Crippen LogP) is 1.89. The Morgan fingerprint density at radius 1 is 1.53 bits per heavy atom. The summed E-state index contributed by atoms with van der Waals surface area (Å²) in [6.07, 6.45) is 2.46. The van der Waals surface area contributed by atoms with Crippen molar-refractivity contribution in [2.75, 3.05) is 19.8 Å². The second kappa shape index (κ2) is 7.09. The largest absolute Gasteiger partial charge is 0.493 e. The van der Waals surface area contributed by atoms with Crippen LogP contribution in [0.4, 0.5) is 4.39 Å². The van der Waals surface area contributed by atoms with E-state index < -0.39 is 0 Å². The van der Waals surface area contributed by atoms with Crippen molar-refractivity contribution in [3.05, 3.63) is 30.1 Å². The highest BCUT2D eigenvalue weighted by atomic mass is 19.1. The van der Waals surface area contributed by atoms with Crippen LogP contribution in [0.5, 0.6) is 5.75 Å². The number of hydrogen-bond donors (Lipinski definition) is 1. The number of ether oxygens (including phenoxy) is 2. The van der Waals surface area contributed by atoms with Gasteiger partial charge in [0.2, 0.25) is 5.91 Å². The van der Waals surface area contributed by atoms with Gasteiger partial charge in [0.15, 0.2) is 0 Å². The van der Waals surface area contributed by atoms with E-state index in [1.807, 2.05) is 0 Å². The number of rotatable bonds is 6. The molecule has 0 aliphatic carbocycles. The first-order valence-electron chi connectivity index (χ1n) is 6.51. The highest BCUT2D eigenvalue weighted by Crippen LogP contribution is 2.12. The van der Waals surface area contributed by atoms with Gasteiger partial charge in [0, 0.05) is 19.2 Å². The predicted molar refractivity (Wildman–Crippen MR) is 68.5 cm³/mol. The summed E-state index contributed by atoms with van der Waals surface area (Å²) >= 11 is 0. The van der Waals surface area contributed by atoms with Gasteiger partial charge in [-0.25, -0.2) is 4.39 Å². The van der Waals surface area contributed by atoms with Gasteiger partial charge in [-0.1, -0.05) is 6.07 Å². The third-order valence-corrected chi connectivity index (χ3v) is 2.94. The molecule has 1 amide bonds. The lowest BCUT2D eigenvalue weighted by Gasteiger charge is -2.11. The lowest BCUT2D eigenvalue weighted by atomic mass is 10.2. The maximum absolute atomic E-state index is 12.9. The van der Waals surface area contributed by atoms with Crippen LogP contribution in [0, 0.1) is 5.82 Å². The van der Waals surface area contributed by atoms with Crippen molar-refractivity contribution in [2.45, 2.75) is 25.4 Å². The zero-order chi connectivity index (χ0) is 13.5. The number of nitrogens with one attached hydrogen (secondary N) is 1. The molecule has 5 heteroatoms. The Balaban J connectivity index is 1.60. The number of benzene rings is 1. The molecule has 0 radical (unpaired) electrons. The van der Waals surface area contributed by atoms with Crippen molar-refractivity contribution in [3.8, 4) is 5.75 Å². The Labute approximate surface area is 111 Å². The lowest BCUT2D eigenvalue weighted by molar-refractivity contribution is -0.122. The second-order valence-corrected chi connectivity index (χ2v) is 4.49. The van der Waals surface area contributed by atoms with Gasteiger partial charge in [-0.3, -0.25) is 4.79 Å². The lowest BCUT2D eigenvalue weighted by Crippen LogP contribution is -2.32. The average Bonchev–Trinajstić information content (AvgIpc) is 2.89. The second-order valence-electron chi connectivity index (χ2n) is 4.49. The van der Waals surface area contributed by atoms with Crippen LogP contribution in [0.3, 0.4) is 0 Å². The smallest absolute Gasteiger partial charge is 0.223 e. The Morgan fingerprint density at radius 2 is 2.42 bits per heavy atom. The third kappa shape index (κ3) is 4.87. The van der Waals surface area contributed by atoms with E-state index >= 15 is 0 Å². The Morgan fingerprint density at radius 3 is 3.16 bits per heavy atom. The maximum Gasteiger partial charge on any atom is 0.223 e. The standard InChI is InChI=1S/C14H18FNO3/c15-11-3-1-4-12(9-11)19-8-6-14(17)16-10-13-5-2-7-18-13/h1,3-4,9,13H,2,5-8,10H2,(H,16,17)/t13-/m1/s1. The van der Waals surface area contributed by atoms with Gasteiger partial charge in [-0.2, -0.15) is 0 Å². The van der Waals surface area contributed by atoms with E-state index in [0.717, 1.165) is 19.4 Å². The van der Waals surface area contributed by atoms with E-state index in [2.05, 4.69) is 5.32 Å². The SMILES string of the molecule is O=C(CCOc1cccc(F)c1)NC[C@H]1CCCO1. The summed E-state index contributed by atoms with van der Waals surface area (Å²) in [4.78, 5) is 11.5. The Kier molecular flexibility index (Phi) is 5.15. The monoisotopic (exact) mass is 267 g/mol. The molecule has 1 aromatic rings. The van der Waals surface area contributed by atoms with Crippen molar-refractivity contribution in [2.24, 2.45) is 0 Å². The normalized spacial score (nSPS) is 18.3. The molecule has 0 aromatic heterocycles.